The molecule has 0 saturated carbocycles. The Morgan fingerprint density at radius 2 is 1.90 bits per heavy atom. The van der Waals surface area contributed by atoms with Gasteiger partial charge < -0.3 is 4.42 Å². The molecule has 20 heavy (non-hydrogen) atoms. The van der Waals surface area contributed by atoms with Crippen LogP contribution in [-0.2, 0) is 0 Å². The third-order valence-electron chi connectivity index (χ3n) is 2.70. The quantitative estimate of drug-likeness (QED) is 0.664. The van der Waals surface area contributed by atoms with E-state index in [1.165, 1.54) is 0 Å². The van der Waals surface area contributed by atoms with Crippen LogP contribution in [0.4, 0.5) is 0 Å². The van der Waals surface area contributed by atoms with Crippen molar-refractivity contribution in [3.05, 3.63) is 64.7 Å². The Morgan fingerprint density at radius 1 is 1.10 bits per heavy atom. The van der Waals surface area contributed by atoms with E-state index in [2.05, 4.69) is 31.1 Å². The Hall–Kier alpha value is -1.72. The molecule has 0 aliphatic carbocycles. The molecule has 6 heteroatoms. The molecule has 1 atom stereocenters. The number of hydrogen-bond donors (Lipinski definition) is 0. The second-order valence-corrected chi connectivity index (χ2v) is 5.46. The summed E-state index contributed by atoms with van der Waals surface area (Å²) in [6.45, 7) is 0. The van der Waals surface area contributed by atoms with Gasteiger partial charge in [-0.3, -0.25) is 4.98 Å². The Morgan fingerprint density at radius 3 is 2.65 bits per heavy atom. The number of rotatable bonds is 3. The maximum atomic E-state index is 6.34. The predicted molar refractivity (Wildman–Crippen MR) is 79.4 cm³/mol. The summed E-state index contributed by atoms with van der Waals surface area (Å²) in [7, 11) is 0. The van der Waals surface area contributed by atoms with Crippen molar-refractivity contribution in [1.82, 2.24) is 15.2 Å². The normalized spacial score (nSPS) is 12.3. The van der Waals surface area contributed by atoms with E-state index < -0.39 is 5.38 Å². The number of alkyl halides is 1. The molecule has 0 aliphatic rings. The molecule has 0 bridgehead atoms. The topological polar surface area (TPSA) is 51.8 Å². The van der Waals surface area contributed by atoms with Crippen molar-refractivity contribution in [1.29, 1.82) is 0 Å². The Kier molecular flexibility index (Phi) is 3.80. The van der Waals surface area contributed by atoms with Crippen molar-refractivity contribution in [3.8, 4) is 11.5 Å². The van der Waals surface area contributed by atoms with Gasteiger partial charge in [0.2, 0.25) is 11.8 Å². The molecule has 0 fully saturated rings. The van der Waals surface area contributed by atoms with Crippen molar-refractivity contribution in [3.63, 3.8) is 0 Å². The molecule has 0 aliphatic heterocycles. The van der Waals surface area contributed by atoms with Crippen LogP contribution in [0, 0.1) is 0 Å². The lowest BCUT2D eigenvalue weighted by molar-refractivity contribution is 0.513. The summed E-state index contributed by atoms with van der Waals surface area (Å²) in [4.78, 5) is 4.07. The summed E-state index contributed by atoms with van der Waals surface area (Å²) in [6.07, 6.45) is 3.35. The molecule has 0 spiro atoms. The number of aromatic nitrogens is 3. The third-order valence-corrected chi connectivity index (χ3v) is 3.57. The fourth-order valence-electron chi connectivity index (χ4n) is 1.75. The molecule has 0 N–H and O–H groups in total. The lowest BCUT2D eigenvalue weighted by Gasteiger charge is -2.03. The molecule has 3 rings (SSSR count). The highest BCUT2D eigenvalue weighted by molar-refractivity contribution is 9.10. The fourth-order valence-corrected chi connectivity index (χ4v) is 2.35. The zero-order valence-corrected chi connectivity index (χ0v) is 12.5. The van der Waals surface area contributed by atoms with Gasteiger partial charge in [-0.25, -0.2) is 0 Å². The Balaban J connectivity index is 1.91. The number of pyridine rings is 1. The summed E-state index contributed by atoms with van der Waals surface area (Å²) in [5, 5.41) is 7.56. The van der Waals surface area contributed by atoms with Crippen LogP contribution in [0.2, 0.25) is 0 Å². The zero-order valence-electron chi connectivity index (χ0n) is 10.2. The summed E-state index contributed by atoms with van der Waals surface area (Å²) >= 11 is 9.70. The van der Waals surface area contributed by atoms with Crippen LogP contribution in [-0.4, -0.2) is 15.2 Å². The van der Waals surface area contributed by atoms with E-state index in [9.17, 15) is 0 Å². The monoisotopic (exact) mass is 349 g/mol. The molecule has 4 nitrogen and oxygen atoms in total. The van der Waals surface area contributed by atoms with Gasteiger partial charge in [-0.2, -0.15) is 0 Å². The minimum Gasteiger partial charge on any atom is -0.419 e. The van der Waals surface area contributed by atoms with Crippen molar-refractivity contribution in [2.45, 2.75) is 5.38 Å². The predicted octanol–water partition coefficient (Wildman–Crippen LogP) is 4.22. The Labute approximate surface area is 129 Å². The summed E-state index contributed by atoms with van der Waals surface area (Å²) in [5.74, 6) is 0.767. The number of halogens is 2. The molecular formula is C14H9BrClN3O. The van der Waals surface area contributed by atoms with Gasteiger partial charge in [-0.15, -0.1) is 21.8 Å². The first-order valence-corrected chi connectivity index (χ1v) is 7.10. The van der Waals surface area contributed by atoms with Crippen LogP contribution in [0.3, 0.4) is 0 Å². The van der Waals surface area contributed by atoms with Crippen LogP contribution in [0.1, 0.15) is 16.8 Å². The van der Waals surface area contributed by atoms with E-state index >= 15 is 0 Å². The van der Waals surface area contributed by atoms with E-state index in [0.29, 0.717) is 11.8 Å². The SMILES string of the molecule is ClC(c1ccccc1)c1nnc(-c2cncc(Br)c2)o1. The second kappa shape index (κ2) is 5.73. The first-order chi connectivity index (χ1) is 9.74. The minimum absolute atomic E-state index is 0.368. The molecule has 2 aromatic heterocycles. The van der Waals surface area contributed by atoms with Crippen LogP contribution in [0.25, 0.3) is 11.5 Å². The Bertz CT molecular complexity index is 717. The van der Waals surface area contributed by atoms with Gasteiger partial charge in [-0.05, 0) is 27.6 Å². The van der Waals surface area contributed by atoms with E-state index in [-0.39, 0.29) is 0 Å². The molecule has 0 saturated heterocycles. The van der Waals surface area contributed by atoms with Gasteiger partial charge in [0.25, 0.3) is 0 Å². The van der Waals surface area contributed by atoms with E-state index in [4.69, 9.17) is 16.0 Å². The summed E-state index contributed by atoms with van der Waals surface area (Å²) in [5.41, 5.74) is 1.66. The number of hydrogen-bond acceptors (Lipinski definition) is 4. The van der Waals surface area contributed by atoms with Crippen molar-refractivity contribution >= 4 is 27.5 Å². The lowest BCUT2D eigenvalue weighted by atomic mass is 10.1. The van der Waals surface area contributed by atoms with Gasteiger partial charge in [0.05, 0.1) is 5.56 Å². The highest BCUT2D eigenvalue weighted by Gasteiger charge is 2.18. The van der Waals surface area contributed by atoms with Gasteiger partial charge in [0.1, 0.15) is 5.38 Å². The molecule has 0 radical (unpaired) electrons. The van der Waals surface area contributed by atoms with E-state index in [1.807, 2.05) is 36.4 Å². The van der Waals surface area contributed by atoms with Gasteiger partial charge in [-0.1, -0.05) is 30.3 Å². The first kappa shape index (κ1) is 13.3. The fraction of sp³-hybridized carbons (Fsp3) is 0.0714. The van der Waals surface area contributed by atoms with Crippen LogP contribution >= 0.6 is 27.5 Å². The molecule has 3 aromatic rings. The third kappa shape index (κ3) is 2.73. The van der Waals surface area contributed by atoms with E-state index in [0.717, 1.165) is 15.6 Å². The number of benzene rings is 1. The molecule has 1 aromatic carbocycles. The number of nitrogens with zero attached hydrogens (tertiary/aromatic N) is 3. The van der Waals surface area contributed by atoms with Gasteiger partial charge >= 0.3 is 0 Å². The zero-order chi connectivity index (χ0) is 13.9. The first-order valence-electron chi connectivity index (χ1n) is 5.87. The summed E-state index contributed by atoms with van der Waals surface area (Å²) in [6, 6.07) is 11.5. The smallest absolute Gasteiger partial charge is 0.249 e. The van der Waals surface area contributed by atoms with Crippen LogP contribution in [0.5, 0.6) is 0 Å². The van der Waals surface area contributed by atoms with Crippen LogP contribution in [0.15, 0.2) is 57.7 Å². The largest absolute Gasteiger partial charge is 0.419 e. The molecule has 100 valence electrons. The van der Waals surface area contributed by atoms with Gasteiger partial charge in [0.15, 0.2) is 0 Å². The standard InChI is InChI=1S/C14H9BrClN3O/c15-11-6-10(7-17-8-11)13-18-19-14(20-13)12(16)9-4-2-1-3-5-9/h1-8,12H. The maximum Gasteiger partial charge on any atom is 0.249 e. The van der Waals surface area contributed by atoms with E-state index in [1.54, 1.807) is 12.4 Å². The van der Waals surface area contributed by atoms with Crippen molar-refractivity contribution in [2.24, 2.45) is 0 Å². The molecular weight excluding hydrogens is 342 g/mol. The minimum atomic E-state index is -0.461. The second-order valence-electron chi connectivity index (χ2n) is 4.11. The highest BCUT2D eigenvalue weighted by Crippen LogP contribution is 2.29. The average molecular weight is 351 g/mol. The highest BCUT2D eigenvalue weighted by atomic mass is 79.9. The van der Waals surface area contributed by atoms with Crippen LogP contribution < -0.4 is 0 Å². The summed E-state index contributed by atoms with van der Waals surface area (Å²) < 4.78 is 6.47. The van der Waals surface area contributed by atoms with Crippen molar-refractivity contribution < 1.29 is 4.42 Å². The molecule has 0 amide bonds. The molecule has 2 heterocycles. The molecule has 1 unspecified atom stereocenters. The van der Waals surface area contributed by atoms with Crippen molar-refractivity contribution in [2.75, 3.05) is 0 Å². The average Bonchev–Trinajstić information content (AvgIpc) is 2.97. The van der Waals surface area contributed by atoms with Gasteiger partial charge in [0, 0.05) is 16.9 Å². The maximum absolute atomic E-state index is 6.34. The lowest BCUT2D eigenvalue weighted by Crippen LogP contribution is -1.92.